The number of hydrogen-bond acceptors (Lipinski definition) is 4. The molecule has 0 unspecified atom stereocenters. The molecule has 5 rings (SSSR count). The number of carboxylic acids is 1. The molecule has 0 aromatic heterocycles. The van der Waals surface area contributed by atoms with E-state index in [4.69, 9.17) is 33.1 Å². The number of rotatable bonds is 4. The normalized spacial score (nSPS) is 11.9. The molecule has 0 atom stereocenters. The molecule has 4 aromatic rings. The third-order valence-electron chi connectivity index (χ3n) is 5.10. The van der Waals surface area contributed by atoms with Crippen LogP contribution in [0.4, 0.5) is 0 Å². The Morgan fingerprint density at radius 3 is 1.00 bits per heavy atom. The first-order valence-electron chi connectivity index (χ1n) is 11.1. The minimum absolute atomic E-state index is 0. The molecule has 8 heteroatoms. The smallest absolute Gasteiger partial charge is 0.245 e. The van der Waals surface area contributed by atoms with Gasteiger partial charge in [0.1, 0.15) is 28.5 Å². The predicted molar refractivity (Wildman–Crippen MR) is 148 cm³/mol. The van der Waals surface area contributed by atoms with Crippen molar-refractivity contribution in [3.8, 4) is 0 Å². The van der Waals surface area contributed by atoms with Gasteiger partial charge in [-0.3, -0.25) is 0 Å². The Bertz CT molecular complexity index is 1080. The van der Waals surface area contributed by atoms with Crippen LogP contribution in [-0.4, -0.2) is 12.8 Å². The van der Waals surface area contributed by atoms with E-state index in [0.717, 1.165) is 6.92 Å². The SMILES string of the molecule is CC(=O)[O-].ClC1=C(Cl)OCO1.[Ru].c1ccc([P+](c2ccccc2)(c2ccccc2)c2ccccc2)cc1. The van der Waals surface area contributed by atoms with Crippen molar-refractivity contribution in [2.45, 2.75) is 6.92 Å². The van der Waals surface area contributed by atoms with Crippen LogP contribution in [0.25, 0.3) is 0 Å². The zero-order chi connectivity index (χ0) is 25.8. The number of hydrogen-bond donors (Lipinski definition) is 0. The van der Waals surface area contributed by atoms with Gasteiger partial charge in [0.2, 0.25) is 17.2 Å². The Hall–Kier alpha value is -2.68. The maximum Gasteiger partial charge on any atom is 0.245 e. The minimum atomic E-state index is -1.91. The number of benzene rings is 4. The topological polar surface area (TPSA) is 58.6 Å². The molecule has 0 spiro atoms. The van der Waals surface area contributed by atoms with E-state index in [9.17, 15) is 0 Å². The van der Waals surface area contributed by atoms with E-state index in [2.05, 4.69) is 131 Å². The summed E-state index contributed by atoms with van der Waals surface area (Å²) in [6.45, 7) is 1.11. The molecule has 1 aliphatic heterocycles. The summed E-state index contributed by atoms with van der Waals surface area (Å²) >= 11 is 10.5. The zero-order valence-corrected chi connectivity index (χ0v) is 24.1. The Labute approximate surface area is 241 Å². The van der Waals surface area contributed by atoms with Crippen molar-refractivity contribution >= 4 is 57.7 Å². The number of aliphatic carboxylic acids is 1. The molecular weight excluding hydrogens is 615 g/mol. The van der Waals surface area contributed by atoms with Crippen molar-refractivity contribution in [2.24, 2.45) is 0 Å². The van der Waals surface area contributed by atoms with E-state index in [-0.39, 0.29) is 36.7 Å². The maximum absolute atomic E-state index is 8.89. The Kier molecular flexibility index (Phi) is 12.8. The van der Waals surface area contributed by atoms with Gasteiger partial charge < -0.3 is 19.4 Å². The quantitative estimate of drug-likeness (QED) is 0.241. The third kappa shape index (κ3) is 8.15. The second-order valence-corrected chi connectivity index (χ2v) is 11.6. The first-order valence-corrected chi connectivity index (χ1v) is 13.6. The van der Waals surface area contributed by atoms with Gasteiger partial charge in [0, 0.05) is 25.4 Å². The molecule has 0 bridgehead atoms. The summed E-state index contributed by atoms with van der Waals surface area (Å²) in [6.07, 6.45) is 0. The second kappa shape index (κ2) is 15.5. The number of carbonyl (C=O) groups excluding carboxylic acids is 1. The van der Waals surface area contributed by atoms with E-state index >= 15 is 0 Å². The number of carboxylic acid groups (broad SMARTS) is 1. The van der Waals surface area contributed by atoms with Gasteiger partial charge in [-0.05, 0) is 78.7 Å². The summed E-state index contributed by atoms with van der Waals surface area (Å²) in [5.74, 6) is -1.08. The van der Waals surface area contributed by atoms with Crippen molar-refractivity contribution in [1.82, 2.24) is 0 Å². The fourth-order valence-corrected chi connectivity index (χ4v) is 8.21. The summed E-state index contributed by atoms with van der Waals surface area (Å²) in [5, 5.41) is 14.7. The molecule has 0 N–H and O–H groups in total. The van der Waals surface area contributed by atoms with E-state index in [1.807, 2.05) is 0 Å². The molecule has 0 saturated carbocycles. The van der Waals surface area contributed by atoms with Crippen LogP contribution in [0.15, 0.2) is 132 Å². The van der Waals surface area contributed by atoms with Crippen LogP contribution in [0.1, 0.15) is 6.92 Å². The van der Waals surface area contributed by atoms with Crippen LogP contribution >= 0.6 is 30.5 Å². The molecule has 0 amide bonds. The van der Waals surface area contributed by atoms with E-state index in [1.54, 1.807) is 0 Å². The Morgan fingerprint density at radius 2 is 0.838 bits per heavy atom. The van der Waals surface area contributed by atoms with Crippen LogP contribution < -0.4 is 26.3 Å². The molecule has 37 heavy (non-hydrogen) atoms. The summed E-state index contributed by atoms with van der Waals surface area (Å²) in [5.41, 5.74) is 0. The first-order chi connectivity index (χ1) is 17.5. The van der Waals surface area contributed by atoms with Crippen LogP contribution in [0, 0.1) is 0 Å². The van der Waals surface area contributed by atoms with Gasteiger partial charge in [0.15, 0.2) is 0 Å². The molecule has 1 aliphatic rings. The molecule has 0 aliphatic carbocycles. The van der Waals surface area contributed by atoms with Crippen LogP contribution in [0.3, 0.4) is 0 Å². The summed E-state index contributed by atoms with van der Waals surface area (Å²) in [7, 11) is -1.91. The maximum atomic E-state index is 8.89. The van der Waals surface area contributed by atoms with Crippen molar-refractivity contribution in [3.05, 3.63) is 132 Å². The first kappa shape index (κ1) is 30.5. The monoisotopic (exact) mass is 640 g/mol. The zero-order valence-electron chi connectivity index (χ0n) is 19.9. The molecule has 0 fully saturated rings. The fourth-order valence-electron chi connectivity index (χ4n) is 3.75. The van der Waals surface area contributed by atoms with Gasteiger partial charge >= 0.3 is 0 Å². The number of halogens is 2. The average Bonchev–Trinajstić information content (AvgIpc) is 3.29. The van der Waals surface area contributed by atoms with Crippen molar-refractivity contribution in [3.63, 3.8) is 0 Å². The van der Waals surface area contributed by atoms with E-state index < -0.39 is 13.2 Å². The summed E-state index contributed by atoms with van der Waals surface area (Å²) in [6, 6.07) is 43.8. The minimum Gasteiger partial charge on any atom is -0.550 e. The van der Waals surface area contributed by atoms with Gasteiger partial charge in [0.05, 0.1) is 0 Å². The van der Waals surface area contributed by atoms with Gasteiger partial charge in [-0.15, -0.1) is 0 Å². The average molecular weight is 640 g/mol. The molecule has 192 valence electrons. The van der Waals surface area contributed by atoms with Crippen LogP contribution in [-0.2, 0) is 33.7 Å². The molecule has 4 aromatic carbocycles. The van der Waals surface area contributed by atoms with Crippen molar-refractivity contribution in [2.75, 3.05) is 6.79 Å². The predicted octanol–water partition coefficient (Wildman–Crippen LogP) is 4.65. The molecule has 4 nitrogen and oxygen atoms in total. The second-order valence-electron chi connectivity index (χ2n) is 7.46. The van der Waals surface area contributed by atoms with E-state index in [0.29, 0.717) is 0 Å². The van der Waals surface area contributed by atoms with Crippen molar-refractivity contribution < 1.29 is 38.9 Å². The van der Waals surface area contributed by atoms with Gasteiger partial charge in [0.25, 0.3) is 0 Å². The fraction of sp³-hybridized carbons (Fsp3) is 0.0690. The molecule has 0 saturated heterocycles. The standard InChI is InChI=1S/C24H20P.C3H2Cl2O2.C2H4O2.Ru/c1-5-13-21(14-6-1)25(22-15-7-2-8-16-22,23-17-9-3-10-18-23)24-19-11-4-12-20-24;4-2-3(5)7-1-6-2;1-2(3)4;/h1-20H;1H2;1H3,(H,3,4);/q+1;;;/p-1. The number of carbonyl (C=O) groups is 1. The summed E-state index contributed by atoms with van der Waals surface area (Å²) < 4.78 is 9.11. The van der Waals surface area contributed by atoms with Gasteiger partial charge in [-0.2, -0.15) is 0 Å². The summed E-state index contributed by atoms with van der Waals surface area (Å²) in [4.78, 5) is 8.89. The largest absolute Gasteiger partial charge is 0.550 e. The Balaban J connectivity index is 0.000000337. The van der Waals surface area contributed by atoms with Gasteiger partial charge in [-0.1, -0.05) is 72.8 Å². The van der Waals surface area contributed by atoms with E-state index in [1.165, 1.54) is 21.2 Å². The number of ether oxygens (including phenoxy) is 2. The molecule has 1 heterocycles. The Morgan fingerprint density at radius 1 is 0.622 bits per heavy atom. The van der Waals surface area contributed by atoms with Crippen LogP contribution in [0.2, 0.25) is 0 Å². The third-order valence-corrected chi connectivity index (χ3v) is 10.0. The van der Waals surface area contributed by atoms with Crippen molar-refractivity contribution in [1.29, 1.82) is 0 Å². The van der Waals surface area contributed by atoms with Crippen LogP contribution in [0.5, 0.6) is 0 Å². The van der Waals surface area contributed by atoms with Gasteiger partial charge in [-0.25, -0.2) is 0 Å². The molecular formula is C29H25Cl2O4PRu. The molecule has 0 radical (unpaired) electrons.